The fraction of sp³-hybridized carbons (Fsp3) is 0.900. The van der Waals surface area contributed by atoms with Crippen LogP contribution in [-0.4, -0.2) is 24.8 Å². The molecule has 2 N–H and O–H groups in total. The average molecular weight is 214 g/mol. The third-order valence-electron chi connectivity index (χ3n) is 3.82. The van der Waals surface area contributed by atoms with Gasteiger partial charge < -0.3 is 10.6 Å². The first-order chi connectivity index (χ1) is 6.73. The van der Waals surface area contributed by atoms with Crippen molar-refractivity contribution in [2.24, 2.45) is 5.41 Å². The summed E-state index contributed by atoms with van der Waals surface area (Å²) >= 11 is 0. The van der Waals surface area contributed by atoms with E-state index >= 15 is 0 Å². The molecule has 2 unspecified atom stereocenters. The lowest BCUT2D eigenvalue weighted by molar-refractivity contribution is 0.165. The molecule has 2 aliphatic rings. The van der Waals surface area contributed by atoms with Crippen LogP contribution < -0.4 is 10.6 Å². The largest absolute Gasteiger partial charge is 0.350 e. The van der Waals surface area contributed by atoms with Crippen molar-refractivity contribution in [1.29, 1.82) is 0 Å². The first kappa shape index (κ1) is 10.4. The molecule has 0 radical (unpaired) electrons. The fourth-order valence-electron chi connectivity index (χ4n) is 3.06. The summed E-state index contributed by atoms with van der Waals surface area (Å²) in [7, 11) is 2.23. The van der Waals surface area contributed by atoms with E-state index < -0.39 is 0 Å². The number of carbonyl (C=O) groups excluding carboxylic acids is 1. The van der Waals surface area contributed by atoms with Gasteiger partial charge in [-0.25, -0.2) is 0 Å². The van der Waals surface area contributed by atoms with Crippen molar-refractivity contribution < 1.29 is 4.79 Å². The highest BCUT2D eigenvalue weighted by molar-refractivity contribution is 7.39. The SMILES string of the molecule is O=C(P)NC1CCCC12CCNCC2. The number of hydrogen-bond acceptors (Lipinski definition) is 2. The lowest BCUT2D eigenvalue weighted by Gasteiger charge is -2.39. The second-order valence-electron chi connectivity index (χ2n) is 4.57. The summed E-state index contributed by atoms with van der Waals surface area (Å²) < 4.78 is 0. The number of carbonyl (C=O) groups is 1. The minimum absolute atomic E-state index is 0.0507. The van der Waals surface area contributed by atoms with Gasteiger partial charge in [-0.15, -0.1) is 0 Å². The minimum Gasteiger partial charge on any atom is -0.350 e. The Morgan fingerprint density at radius 1 is 1.36 bits per heavy atom. The molecule has 1 saturated heterocycles. The van der Waals surface area contributed by atoms with Crippen LogP contribution in [0.15, 0.2) is 0 Å². The molecule has 3 nitrogen and oxygen atoms in total. The third-order valence-corrected chi connectivity index (χ3v) is 3.99. The lowest BCUT2D eigenvalue weighted by atomic mass is 9.74. The molecule has 4 heteroatoms. The van der Waals surface area contributed by atoms with Crippen molar-refractivity contribution in [3.05, 3.63) is 0 Å². The average Bonchev–Trinajstić information content (AvgIpc) is 2.50. The molecule has 2 fully saturated rings. The standard InChI is InChI=1S/C10H19N2OP/c13-9(14)12-8-2-1-3-10(8)4-6-11-7-5-10/h8,11H,1-7,14H2,(H,12,13). The van der Waals surface area contributed by atoms with Gasteiger partial charge in [-0.05, 0) is 53.4 Å². The highest BCUT2D eigenvalue weighted by Crippen LogP contribution is 2.45. The Morgan fingerprint density at radius 3 is 2.71 bits per heavy atom. The van der Waals surface area contributed by atoms with Crippen LogP contribution in [0.2, 0.25) is 0 Å². The number of hydrogen-bond donors (Lipinski definition) is 2. The second-order valence-corrected chi connectivity index (χ2v) is 5.09. The Bertz CT molecular complexity index is 226. The molecule has 1 heterocycles. The Kier molecular flexibility index (Phi) is 3.08. The van der Waals surface area contributed by atoms with Gasteiger partial charge in [0.25, 0.3) is 0 Å². The zero-order valence-corrected chi connectivity index (χ0v) is 9.67. The van der Waals surface area contributed by atoms with E-state index in [0.717, 1.165) is 13.1 Å². The first-order valence-corrected chi connectivity index (χ1v) is 6.07. The number of amides is 1. The molecule has 0 aromatic rings. The van der Waals surface area contributed by atoms with Crippen molar-refractivity contribution in [3.8, 4) is 0 Å². The summed E-state index contributed by atoms with van der Waals surface area (Å²) in [6.45, 7) is 2.23. The summed E-state index contributed by atoms with van der Waals surface area (Å²) in [6, 6.07) is 0.426. The second kappa shape index (κ2) is 4.16. The van der Waals surface area contributed by atoms with Crippen LogP contribution in [0.5, 0.6) is 0 Å². The van der Waals surface area contributed by atoms with Gasteiger partial charge in [-0.3, -0.25) is 4.79 Å². The van der Waals surface area contributed by atoms with E-state index in [-0.39, 0.29) is 5.65 Å². The summed E-state index contributed by atoms with van der Waals surface area (Å²) in [5.41, 5.74) is 0.465. The molecule has 0 aromatic heterocycles. The van der Waals surface area contributed by atoms with E-state index in [0.29, 0.717) is 11.5 Å². The topological polar surface area (TPSA) is 41.1 Å². The van der Waals surface area contributed by atoms with Crippen LogP contribution in [-0.2, 0) is 0 Å². The maximum absolute atomic E-state index is 11.1. The Balaban J connectivity index is 2.03. The van der Waals surface area contributed by atoms with E-state index in [9.17, 15) is 4.79 Å². The van der Waals surface area contributed by atoms with Crippen molar-refractivity contribution in [2.45, 2.75) is 38.1 Å². The monoisotopic (exact) mass is 214 g/mol. The van der Waals surface area contributed by atoms with Crippen LogP contribution >= 0.6 is 9.24 Å². The van der Waals surface area contributed by atoms with Crippen LogP contribution in [0, 0.1) is 5.41 Å². The molecule has 80 valence electrons. The highest BCUT2D eigenvalue weighted by atomic mass is 31.0. The lowest BCUT2D eigenvalue weighted by Crippen LogP contribution is -2.48. The summed E-state index contributed by atoms with van der Waals surface area (Å²) in [4.78, 5) is 11.1. The third kappa shape index (κ3) is 1.94. The summed E-state index contributed by atoms with van der Waals surface area (Å²) in [5.74, 6) is 0. The van der Waals surface area contributed by atoms with Gasteiger partial charge in [0.15, 0.2) is 0 Å². The van der Waals surface area contributed by atoms with Crippen LogP contribution in [0.4, 0.5) is 4.79 Å². The maximum atomic E-state index is 11.1. The molecule has 14 heavy (non-hydrogen) atoms. The van der Waals surface area contributed by atoms with E-state index in [2.05, 4.69) is 19.9 Å². The van der Waals surface area contributed by atoms with Crippen molar-refractivity contribution >= 4 is 14.9 Å². The predicted octanol–water partition coefficient (Wildman–Crippen LogP) is 1.49. The van der Waals surface area contributed by atoms with Gasteiger partial charge in [0, 0.05) is 6.04 Å². The van der Waals surface area contributed by atoms with Gasteiger partial charge in [0.05, 0.1) is 0 Å². The Hall–Kier alpha value is -0.140. The highest BCUT2D eigenvalue weighted by Gasteiger charge is 2.43. The zero-order chi connectivity index (χ0) is 10.0. The Labute approximate surface area is 87.6 Å². The van der Waals surface area contributed by atoms with Crippen LogP contribution in [0.1, 0.15) is 32.1 Å². The molecule has 2 rings (SSSR count). The smallest absolute Gasteiger partial charge is 0.235 e. The molecule has 0 bridgehead atoms. The number of nitrogens with one attached hydrogen (secondary N) is 2. The fourth-order valence-corrected chi connectivity index (χ4v) is 3.26. The van der Waals surface area contributed by atoms with Gasteiger partial charge in [-0.2, -0.15) is 0 Å². The van der Waals surface area contributed by atoms with Crippen molar-refractivity contribution in [2.75, 3.05) is 13.1 Å². The number of piperidine rings is 1. The van der Waals surface area contributed by atoms with E-state index in [1.165, 1.54) is 32.1 Å². The first-order valence-electron chi connectivity index (χ1n) is 5.50. The van der Waals surface area contributed by atoms with E-state index in [1.807, 2.05) is 0 Å². The van der Waals surface area contributed by atoms with Crippen LogP contribution in [0.25, 0.3) is 0 Å². The normalized spacial score (nSPS) is 30.5. The molecular formula is C10H19N2OP. The molecule has 2 atom stereocenters. The quantitative estimate of drug-likeness (QED) is 0.649. The van der Waals surface area contributed by atoms with Crippen LogP contribution in [0.3, 0.4) is 0 Å². The Morgan fingerprint density at radius 2 is 2.07 bits per heavy atom. The van der Waals surface area contributed by atoms with Gasteiger partial charge in [0.2, 0.25) is 5.65 Å². The molecule has 1 aliphatic carbocycles. The molecular weight excluding hydrogens is 195 g/mol. The molecule has 1 aliphatic heterocycles. The van der Waals surface area contributed by atoms with E-state index in [4.69, 9.17) is 0 Å². The van der Waals surface area contributed by atoms with Gasteiger partial charge in [0.1, 0.15) is 0 Å². The van der Waals surface area contributed by atoms with Gasteiger partial charge in [-0.1, -0.05) is 6.42 Å². The molecule has 1 spiro atoms. The maximum Gasteiger partial charge on any atom is 0.235 e. The van der Waals surface area contributed by atoms with E-state index in [1.54, 1.807) is 0 Å². The van der Waals surface area contributed by atoms with Gasteiger partial charge >= 0.3 is 0 Å². The summed E-state index contributed by atoms with van der Waals surface area (Å²) in [6.07, 6.45) is 6.19. The minimum atomic E-state index is 0.0507. The van der Waals surface area contributed by atoms with Crippen molar-refractivity contribution in [1.82, 2.24) is 10.6 Å². The predicted molar refractivity (Wildman–Crippen MR) is 60.4 cm³/mol. The number of rotatable bonds is 1. The molecule has 0 aromatic carbocycles. The van der Waals surface area contributed by atoms with Crippen molar-refractivity contribution in [3.63, 3.8) is 0 Å². The summed E-state index contributed by atoms with van der Waals surface area (Å²) in [5, 5.41) is 6.49. The molecule has 1 amide bonds. The molecule has 1 saturated carbocycles. The zero-order valence-electron chi connectivity index (χ0n) is 8.51.